The van der Waals surface area contributed by atoms with Gasteiger partial charge < -0.3 is 20.3 Å². The fraction of sp³-hybridized carbons (Fsp3) is 0.875. The number of hydrogen-bond donors (Lipinski definition) is 2. The number of aliphatic hydroxyl groups is 1. The second-order valence-corrected chi connectivity index (χ2v) is 7.18. The number of ether oxygens (including phenoxy) is 1. The van der Waals surface area contributed by atoms with Crippen LogP contribution in [0, 0.1) is 11.1 Å². The normalized spacial score (nSPS) is 43.5. The molecule has 0 spiro atoms. The minimum Gasteiger partial charge on any atom is -0.622 e. The molecule has 4 rings (SSSR count). The van der Waals surface area contributed by atoms with Crippen LogP contribution in [0.4, 0.5) is 0 Å². The van der Waals surface area contributed by atoms with Crippen LogP contribution in [0.1, 0.15) is 44.9 Å². The zero-order valence-electron chi connectivity index (χ0n) is 13.4. The molecule has 0 aromatic heterocycles. The Morgan fingerprint density at radius 3 is 2.74 bits per heavy atom. The van der Waals surface area contributed by atoms with Gasteiger partial charge in [-0.2, -0.15) is 4.74 Å². The maximum atomic E-state index is 13.4. The highest BCUT2D eigenvalue weighted by Gasteiger charge is 2.71. The van der Waals surface area contributed by atoms with Crippen LogP contribution in [0.2, 0.25) is 0 Å². The van der Waals surface area contributed by atoms with Gasteiger partial charge in [-0.15, -0.1) is 0 Å². The van der Waals surface area contributed by atoms with Crippen molar-refractivity contribution >= 4 is 11.4 Å². The van der Waals surface area contributed by atoms with E-state index in [9.17, 15) is 15.5 Å². The van der Waals surface area contributed by atoms with Crippen molar-refractivity contribution in [1.82, 2.24) is 4.90 Å². The largest absolute Gasteiger partial charge is 0.622 e. The molecule has 0 aromatic carbocycles. The number of morpholine rings is 1. The molecule has 23 heavy (non-hydrogen) atoms. The Morgan fingerprint density at radius 1 is 1.22 bits per heavy atom. The lowest BCUT2D eigenvalue weighted by Gasteiger charge is -2.47. The van der Waals surface area contributed by atoms with Crippen LogP contribution in [-0.2, 0) is 4.74 Å². The summed E-state index contributed by atoms with van der Waals surface area (Å²) in [6.07, 6.45) is 5.42. The van der Waals surface area contributed by atoms with Crippen molar-refractivity contribution in [3.63, 3.8) is 0 Å². The molecule has 0 unspecified atom stereocenters. The van der Waals surface area contributed by atoms with E-state index >= 15 is 0 Å². The summed E-state index contributed by atoms with van der Waals surface area (Å²) < 4.78 is 6.57. The van der Waals surface area contributed by atoms with Gasteiger partial charge in [0.1, 0.15) is 0 Å². The van der Waals surface area contributed by atoms with Crippen LogP contribution in [0.5, 0.6) is 0 Å². The maximum Gasteiger partial charge on any atom is 0.235 e. The number of hydroxylamine groups is 1. The molecule has 0 radical (unpaired) electrons. The topological polar surface area (TPSA) is 91.4 Å². The van der Waals surface area contributed by atoms with Crippen LogP contribution in [0.3, 0.4) is 0 Å². The van der Waals surface area contributed by atoms with Crippen LogP contribution in [-0.4, -0.2) is 68.9 Å². The predicted octanol–water partition coefficient (Wildman–Crippen LogP) is 0.915. The first-order valence-corrected chi connectivity index (χ1v) is 8.76. The van der Waals surface area contributed by atoms with E-state index in [0.29, 0.717) is 50.6 Å². The minimum absolute atomic E-state index is 0.222. The number of fused-ring (bicyclic) bond motifs is 3. The highest BCUT2D eigenvalue weighted by molar-refractivity contribution is 6.15. The van der Waals surface area contributed by atoms with E-state index in [1.807, 2.05) is 0 Å². The predicted molar refractivity (Wildman–Crippen MR) is 83.7 cm³/mol. The van der Waals surface area contributed by atoms with Crippen molar-refractivity contribution in [3.8, 4) is 0 Å². The van der Waals surface area contributed by atoms with E-state index in [-0.39, 0.29) is 5.92 Å². The molecule has 0 amide bonds. The highest BCUT2D eigenvalue weighted by atomic mass is 16.5. The molecule has 0 aromatic rings. The standard InChI is InChI=1S/C16H25N3O4/c20-16-12-4-1-2-7-15(12,18-8-10-23-11-9-18)19(22)14(16)6-3-5-13(16)17-21/h12,20-21H,1-11H2/b17-13+/t12-,15+,16+/m0/s1. The quantitative estimate of drug-likeness (QED) is 0.324. The number of rotatable bonds is 1. The van der Waals surface area contributed by atoms with Gasteiger partial charge in [0.15, 0.2) is 5.60 Å². The zero-order valence-corrected chi connectivity index (χ0v) is 13.4. The van der Waals surface area contributed by atoms with Crippen LogP contribution in [0.25, 0.3) is 0 Å². The van der Waals surface area contributed by atoms with Crippen molar-refractivity contribution in [2.45, 2.75) is 56.2 Å². The van der Waals surface area contributed by atoms with Gasteiger partial charge in [-0.25, -0.2) is 4.90 Å². The maximum absolute atomic E-state index is 13.4. The van der Waals surface area contributed by atoms with E-state index in [1.54, 1.807) is 0 Å². The zero-order chi connectivity index (χ0) is 16.1. The van der Waals surface area contributed by atoms with E-state index < -0.39 is 11.3 Å². The van der Waals surface area contributed by atoms with Crippen LogP contribution in [0.15, 0.2) is 5.16 Å². The summed E-state index contributed by atoms with van der Waals surface area (Å²) in [5.41, 5.74) is -1.18. The fourth-order valence-electron chi connectivity index (χ4n) is 5.37. The smallest absolute Gasteiger partial charge is 0.235 e. The van der Waals surface area contributed by atoms with E-state index in [2.05, 4.69) is 10.1 Å². The van der Waals surface area contributed by atoms with Gasteiger partial charge in [0.25, 0.3) is 0 Å². The summed E-state index contributed by atoms with van der Waals surface area (Å²) in [6, 6.07) is 0. The number of hydrogen-bond acceptors (Lipinski definition) is 6. The molecule has 7 heteroatoms. The molecule has 3 atom stereocenters. The Bertz CT molecular complexity index is 558. The second-order valence-electron chi connectivity index (χ2n) is 7.18. The monoisotopic (exact) mass is 323 g/mol. The van der Waals surface area contributed by atoms with Gasteiger partial charge in [-0.05, 0) is 25.7 Å². The molecule has 4 aliphatic rings. The molecular formula is C16H25N3O4. The number of oxime groups is 1. The lowest BCUT2D eigenvalue weighted by atomic mass is 9.65. The van der Waals surface area contributed by atoms with Gasteiger partial charge >= 0.3 is 0 Å². The van der Waals surface area contributed by atoms with Gasteiger partial charge in [0.2, 0.25) is 11.4 Å². The van der Waals surface area contributed by atoms with Crippen molar-refractivity contribution in [2.75, 3.05) is 26.3 Å². The van der Waals surface area contributed by atoms with E-state index in [0.717, 1.165) is 36.8 Å². The van der Waals surface area contributed by atoms with Gasteiger partial charge in [-0.3, -0.25) is 0 Å². The van der Waals surface area contributed by atoms with Gasteiger partial charge in [0.05, 0.1) is 24.8 Å². The Hall–Kier alpha value is -1.18. The van der Waals surface area contributed by atoms with Gasteiger partial charge in [-0.1, -0.05) is 11.6 Å². The fourth-order valence-corrected chi connectivity index (χ4v) is 5.37. The molecule has 128 valence electrons. The molecule has 2 heterocycles. The van der Waals surface area contributed by atoms with Crippen molar-refractivity contribution in [3.05, 3.63) is 5.21 Å². The third kappa shape index (κ3) is 1.87. The average Bonchev–Trinajstić information content (AvgIpc) is 2.82. The molecule has 7 nitrogen and oxygen atoms in total. The Labute approximate surface area is 135 Å². The third-order valence-corrected chi connectivity index (χ3v) is 6.33. The lowest BCUT2D eigenvalue weighted by molar-refractivity contribution is -0.591. The molecule has 2 aliphatic heterocycles. The highest BCUT2D eigenvalue weighted by Crippen LogP contribution is 2.52. The van der Waals surface area contributed by atoms with Crippen LogP contribution >= 0.6 is 0 Å². The summed E-state index contributed by atoms with van der Waals surface area (Å²) in [5, 5.41) is 37.7. The molecule has 0 bridgehead atoms. The molecule has 3 fully saturated rings. The molecular weight excluding hydrogens is 298 g/mol. The summed E-state index contributed by atoms with van der Waals surface area (Å²) in [5.74, 6) is -0.222. The SMILES string of the molecule is [O-][N+]1=C2CCC/C(=N\O)[C@]2(O)[C@H]2CCCC[C@]21N1CCOCC1. The third-order valence-electron chi connectivity index (χ3n) is 6.33. The second kappa shape index (κ2) is 5.43. The van der Waals surface area contributed by atoms with E-state index in [4.69, 9.17) is 4.74 Å². The van der Waals surface area contributed by atoms with Crippen LogP contribution < -0.4 is 0 Å². The first-order valence-electron chi connectivity index (χ1n) is 8.76. The Morgan fingerprint density at radius 2 is 2.00 bits per heavy atom. The molecule has 1 saturated heterocycles. The Kier molecular flexibility index (Phi) is 3.62. The van der Waals surface area contributed by atoms with Crippen molar-refractivity contribution < 1.29 is 19.8 Å². The van der Waals surface area contributed by atoms with E-state index in [1.165, 1.54) is 0 Å². The minimum atomic E-state index is -1.37. The Balaban J connectivity index is 1.85. The summed E-state index contributed by atoms with van der Waals surface area (Å²) in [4.78, 5) is 2.21. The number of nitrogens with zero attached hydrogens (tertiary/aromatic N) is 3. The van der Waals surface area contributed by atoms with Crippen molar-refractivity contribution in [2.24, 2.45) is 11.1 Å². The van der Waals surface area contributed by atoms with Gasteiger partial charge in [0, 0.05) is 25.9 Å². The molecule has 2 aliphatic carbocycles. The summed E-state index contributed by atoms with van der Waals surface area (Å²) in [7, 11) is 0. The summed E-state index contributed by atoms with van der Waals surface area (Å²) in [6.45, 7) is 2.67. The molecule has 2 saturated carbocycles. The molecule has 2 N–H and O–H groups in total. The first-order chi connectivity index (χ1) is 11.2. The summed E-state index contributed by atoms with van der Waals surface area (Å²) >= 11 is 0. The van der Waals surface area contributed by atoms with Crippen molar-refractivity contribution in [1.29, 1.82) is 0 Å². The average molecular weight is 323 g/mol. The first kappa shape index (κ1) is 15.4. The lowest BCUT2D eigenvalue weighted by Crippen LogP contribution is -2.65.